The Balaban J connectivity index is 1.86. The van der Waals surface area contributed by atoms with Gasteiger partial charge in [0.15, 0.2) is 0 Å². The van der Waals surface area contributed by atoms with Gasteiger partial charge in [-0.15, -0.1) is 0 Å². The van der Waals surface area contributed by atoms with Gasteiger partial charge in [0, 0.05) is 31.2 Å². The smallest absolute Gasteiger partial charge is 0.0292 e. The molecule has 1 aliphatic rings. The van der Waals surface area contributed by atoms with E-state index in [-0.39, 0.29) is 0 Å². The molecule has 1 aromatic rings. The molecule has 0 saturated carbocycles. The number of rotatable bonds is 7. The number of benzene rings is 1. The molecular formula is C19H32N2. The zero-order valence-corrected chi connectivity index (χ0v) is 14.4. The summed E-state index contributed by atoms with van der Waals surface area (Å²) in [4.78, 5) is 2.54. The SMILES string of the molecule is CC(NCCN(C(C)C)C(C)C)c1ccc2c(c1)CCC2. The molecule has 118 valence electrons. The highest BCUT2D eigenvalue weighted by atomic mass is 15.2. The van der Waals surface area contributed by atoms with Gasteiger partial charge >= 0.3 is 0 Å². The lowest BCUT2D eigenvalue weighted by atomic mass is 10.0. The maximum Gasteiger partial charge on any atom is 0.0292 e. The van der Waals surface area contributed by atoms with Crippen LogP contribution in [-0.2, 0) is 12.8 Å². The van der Waals surface area contributed by atoms with Crippen molar-refractivity contribution in [1.82, 2.24) is 10.2 Å². The van der Waals surface area contributed by atoms with Gasteiger partial charge in [0.05, 0.1) is 0 Å². The molecule has 21 heavy (non-hydrogen) atoms. The lowest BCUT2D eigenvalue weighted by molar-refractivity contribution is 0.174. The van der Waals surface area contributed by atoms with Crippen LogP contribution in [0, 0.1) is 0 Å². The third-order valence-electron chi connectivity index (χ3n) is 4.77. The van der Waals surface area contributed by atoms with Crippen LogP contribution >= 0.6 is 0 Å². The summed E-state index contributed by atoms with van der Waals surface area (Å²) in [5.74, 6) is 0. The number of nitrogens with zero attached hydrogens (tertiary/aromatic N) is 1. The van der Waals surface area contributed by atoms with Crippen LogP contribution < -0.4 is 5.32 Å². The second kappa shape index (κ2) is 7.42. The second-order valence-corrected chi connectivity index (χ2v) is 6.98. The summed E-state index contributed by atoms with van der Waals surface area (Å²) in [5, 5.41) is 3.69. The van der Waals surface area contributed by atoms with Crippen LogP contribution in [0.15, 0.2) is 18.2 Å². The molecule has 1 aliphatic carbocycles. The molecule has 2 heteroatoms. The van der Waals surface area contributed by atoms with Crippen molar-refractivity contribution in [3.05, 3.63) is 34.9 Å². The summed E-state index contributed by atoms with van der Waals surface area (Å²) in [7, 11) is 0. The molecular weight excluding hydrogens is 256 g/mol. The molecule has 0 heterocycles. The van der Waals surface area contributed by atoms with Gasteiger partial charge in [-0.25, -0.2) is 0 Å². The number of hydrogen-bond acceptors (Lipinski definition) is 2. The first-order chi connectivity index (χ1) is 9.99. The molecule has 0 aliphatic heterocycles. The molecule has 2 rings (SSSR count). The van der Waals surface area contributed by atoms with Gasteiger partial charge in [-0.05, 0) is 70.6 Å². The molecule has 0 radical (unpaired) electrons. The number of hydrogen-bond donors (Lipinski definition) is 1. The molecule has 0 fully saturated rings. The number of aryl methyl sites for hydroxylation is 2. The summed E-state index contributed by atoms with van der Waals surface area (Å²) in [6, 6.07) is 8.73. The average molecular weight is 288 g/mol. The van der Waals surface area contributed by atoms with E-state index in [9.17, 15) is 0 Å². The Morgan fingerprint density at radius 3 is 2.33 bits per heavy atom. The number of nitrogens with one attached hydrogen (secondary N) is 1. The van der Waals surface area contributed by atoms with E-state index < -0.39 is 0 Å². The van der Waals surface area contributed by atoms with E-state index in [0.29, 0.717) is 18.1 Å². The number of fused-ring (bicyclic) bond motifs is 1. The fourth-order valence-corrected chi connectivity index (χ4v) is 3.50. The summed E-state index contributed by atoms with van der Waals surface area (Å²) >= 11 is 0. The average Bonchev–Trinajstić information content (AvgIpc) is 2.89. The highest BCUT2D eigenvalue weighted by molar-refractivity contribution is 5.36. The topological polar surface area (TPSA) is 15.3 Å². The Labute approximate surface area is 130 Å². The predicted octanol–water partition coefficient (Wildman–Crippen LogP) is 3.94. The standard InChI is InChI=1S/C19H32N2/c1-14(2)21(15(3)4)12-11-20-16(5)18-10-9-17-7-6-8-19(17)13-18/h9-10,13-16,20H,6-8,11-12H2,1-5H3. The third kappa shape index (κ3) is 4.31. The third-order valence-corrected chi connectivity index (χ3v) is 4.77. The van der Waals surface area contributed by atoms with Crippen LogP contribution in [0.25, 0.3) is 0 Å². The monoisotopic (exact) mass is 288 g/mol. The van der Waals surface area contributed by atoms with Crippen LogP contribution in [0.2, 0.25) is 0 Å². The summed E-state index contributed by atoms with van der Waals surface area (Å²) < 4.78 is 0. The first-order valence-corrected chi connectivity index (χ1v) is 8.60. The molecule has 0 spiro atoms. The Morgan fingerprint density at radius 1 is 1.00 bits per heavy atom. The minimum atomic E-state index is 0.442. The van der Waals surface area contributed by atoms with Gasteiger partial charge in [-0.3, -0.25) is 4.90 Å². The van der Waals surface area contributed by atoms with E-state index in [1.165, 1.54) is 24.8 Å². The zero-order chi connectivity index (χ0) is 15.4. The fourth-order valence-electron chi connectivity index (χ4n) is 3.50. The van der Waals surface area contributed by atoms with Gasteiger partial charge in [-0.1, -0.05) is 18.2 Å². The Morgan fingerprint density at radius 2 is 1.67 bits per heavy atom. The fraction of sp³-hybridized carbons (Fsp3) is 0.684. The molecule has 0 amide bonds. The van der Waals surface area contributed by atoms with Gasteiger partial charge in [0.25, 0.3) is 0 Å². The second-order valence-electron chi connectivity index (χ2n) is 6.98. The van der Waals surface area contributed by atoms with Crippen molar-refractivity contribution < 1.29 is 0 Å². The highest BCUT2D eigenvalue weighted by Crippen LogP contribution is 2.25. The summed E-state index contributed by atoms with van der Waals surface area (Å²) in [5.41, 5.74) is 4.58. The Hall–Kier alpha value is -0.860. The van der Waals surface area contributed by atoms with E-state index in [2.05, 4.69) is 63.0 Å². The van der Waals surface area contributed by atoms with E-state index >= 15 is 0 Å². The van der Waals surface area contributed by atoms with Crippen molar-refractivity contribution >= 4 is 0 Å². The van der Waals surface area contributed by atoms with Gasteiger partial charge < -0.3 is 5.32 Å². The van der Waals surface area contributed by atoms with Gasteiger partial charge in [0.1, 0.15) is 0 Å². The van der Waals surface area contributed by atoms with E-state index in [1.54, 1.807) is 11.1 Å². The van der Waals surface area contributed by atoms with Crippen molar-refractivity contribution in [3.8, 4) is 0 Å². The molecule has 0 bridgehead atoms. The molecule has 0 aromatic heterocycles. The van der Waals surface area contributed by atoms with E-state index in [0.717, 1.165) is 13.1 Å². The zero-order valence-electron chi connectivity index (χ0n) is 14.4. The maximum absolute atomic E-state index is 3.69. The summed E-state index contributed by atoms with van der Waals surface area (Å²) in [6.07, 6.45) is 3.87. The maximum atomic E-state index is 3.69. The minimum absolute atomic E-state index is 0.442. The summed E-state index contributed by atoms with van der Waals surface area (Å²) in [6.45, 7) is 13.6. The predicted molar refractivity (Wildman–Crippen MR) is 91.9 cm³/mol. The van der Waals surface area contributed by atoms with E-state index in [4.69, 9.17) is 0 Å². The van der Waals surface area contributed by atoms with Crippen LogP contribution in [0.3, 0.4) is 0 Å². The Bertz CT molecular complexity index is 443. The molecule has 0 saturated heterocycles. The van der Waals surface area contributed by atoms with Gasteiger partial charge in [0.2, 0.25) is 0 Å². The molecule has 2 nitrogen and oxygen atoms in total. The van der Waals surface area contributed by atoms with Crippen molar-refractivity contribution in [2.75, 3.05) is 13.1 Å². The molecule has 1 aromatic carbocycles. The largest absolute Gasteiger partial charge is 0.309 e. The van der Waals surface area contributed by atoms with Crippen molar-refractivity contribution in [1.29, 1.82) is 0 Å². The lowest BCUT2D eigenvalue weighted by Crippen LogP contribution is -2.41. The normalized spacial score (nSPS) is 16.0. The molecule has 1 atom stereocenters. The van der Waals surface area contributed by atoms with Crippen molar-refractivity contribution in [3.63, 3.8) is 0 Å². The van der Waals surface area contributed by atoms with Crippen LogP contribution in [-0.4, -0.2) is 30.1 Å². The van der Waals surface area contributed by atoms with Crippen LogP contribution in [0.1, 0.15) is 63.8 Å². The quantitative estimate of drug-likeness (QED) is 0.817. The minimum Gasteiger partial charge on any atom is -0.309 e. The van der Waals surface area contributed by atoms with Crippen molar-refractivity contribution in [2.24, 2.45) is 0 Å². The Kier molecular flexibility index (Phi) is 5.83. The lowest BCUT2D eigenvalue weighted by Gasteiger charge is -2.31. The first-order valence-electron chi connectivity index (χ1n) is 8.60. The molecule has 1 N–H and O–H groups in total. The first kappa shape index (κ1) is 16.5. The van der Waals surface area contributed by atoms with E-state index in [1.807, 2.05) is 0 Å². The van der Waals surface area contributed by atoms with Crippen LogP contribution in [0.4, 0.5) is 0 Å². The molecule has 1 unspecified atom stereocenters. The van der Waals surface area contributed by atoms with Gasteiger partial charge in [-0.2, -0.15) is 0 Å². The highest BCUT2D eigenvalue weighted by Gasteiger charge is 2.15. The van der Waals surface area contributed by atoms with Crippen molar-refractivity contribution in [2.45, 2.75) is 72.0 Å². The van der Waals surface area contributed by atoms with Crippen LogP contribution in [0.5, 0.6) is 0 Å².